The minimum absolute atomic E-state index is 0. The highest BCUT2D eigenvalue weighted by Gasteiger charge is 2.28. The van der Waals surface area contributed by atoms with Crippen molar-refractivity contribution in [2.75, 3.05) is 66.7 Å². The molecular formula is C15H32IN5O3. The van der Waals surface area contributed by atoms with E-state index in [-0.39, 0.29) is 42.0 Å². The topological polar surface area (TPSA) is 87.2 Å². The van der Waals surface area contributed by atoms with Crippen LogP contribution >= 0.6 is 24.0 Å². The predicted molar refractivity (Wildman–Crippen MR) is 106 cm³/mol. The molecule has 0 aromatic rings. The Balaban J connectivity index is 0.00000529. The van der Waals surface area contributed by atoms with Crippen LogP contribution in [0.1, 0.15) is 13.8 Å². The number of ether oxygens (including phenoxy) is 2. The monoisotopic (exact) mass is 457 g/mol. The summed E-state index contributed by atoms with van der Waals surface area (Å²) in [5, 5.41) is 9.05. The first-order valence-electron chi connectivity index (χ1n) is 8.02. The van der Waals surface area contributed by atoms with E-state index in [2.05, 4.69) is 39.7 Å². The lowest BCUT2D eigenvalue weighted by Gasteiger charge is -2.41. The Morgan fingerprint density at radius 3 is 2.50 bits per heavy atom. The number of nitrogens with one attached hydrogen (secondary N) is 3. The molecule has 0 atom stereocenters. The minimum Gasteiger partial charge on any atom is -0.383 e. The summed E-state index contributed by atoms with van der Waals surface area (Å²) in [6.07, 6.45) is 0. The van der Waals surface area contributed by atoms with Gasteiger partial charge in [-0.05, 0) is 13.8 Å². The Morgan fingerprint density at radius 2 is 1.92 bits per heavy atom. The number of guanidine groups is 1. The van der Waals surface area contributed by atoms with E-state index in [1.54, 1.807) is 14.2 Å². The molecule has 0 unspecified atom stereocenters. The van der Waals surface area contributed by atoms with Crippen molar-refractivity contribution in [1.29, 1.82) is 0 Å². The lowest BCUT2D eigenvalue weighted by atomic mass is 10.0. The van der Waals surface area contributed by atoms with Gasteiger partial charge < -0.3 is 25.4 Å². The molecule has 0 bridgehead atoms. The maximum atomic E-state index is 11.7. The maximum Gasteiger partial charge on any atom is 0.239 e. The zero-order valence-electron chi connectivity index (χ0n) is 15.2. The fraction of sp³-hybridized carbons (Fsp3) is 0.867. The van der Waals surface area contributed by atoms with E-state index in [0.29, 0.717) is 19.1 Å². The number of carbonyl (C=O) groups is 1. The Labute approximate surface area is 162 Å². The van der Waals surface area contributed by atoms with Crippen LogP contribution in [0, 0.1) is 0 Å². The van der Waals surface area contributed by atoms with E-state index in [1.807, 2.05) is 0 Å². The summed E-state index contributed by atoms with van der Waals surface area (Å²) < 4.78 is 10.3. The van der Waals surface area contributed by atoms with Crippen molar-refractivity contribution in [3.63, 3.8) is 0 Å². The quantitative estimate of drug-likeness (QED) is 0.200. The first kappa shape index (κ1) is 23.4. The highest BCUT2D eigenvalue weighted by Crippen LogP contribution is 2.14. The number of carbonyl (C=O) groups excluding carboxylic acids is 1. The molecule has 0 aliphatic carbocycles. The molecule has 1 saturated heterocycles. The molecule has 142 valence electrons. The van der Waals surface area contributed by atoms with Gasteiger partial charge in [-0.3, -0.25) is 14.7 Å². The number of hydrogen-bond acceptors (Lipinski definition) is 5. The SMILES string of the molecule is CN=C(NCC(=O)NCCOC)NCC(C)(C)N1CCOCC1.I. The molecule has 1 heterocycles. The van der Waals surface area contributed by atoms with Gasteiger partial charge in [-0.25, -0.2) is 0 Å². The lowest BCUT2D eigenvalue weighted by Crippen LogP contribution is -2.56. The number of amides is 1. The van der Waals surface area contributed by atoms with Crippen LogP contribution < -0.4 is 16.0 Å². The van der Waals surface area contributed by atoms with Gasteiger partial charge in [0.15, 0.2) is 5.96 Å². The first-order chi connectivity index (χ1) is 11.0. The van der Waals surface area contributed by atoms with Crippen LogP contribution in [-0.4, -0.2) is 89.0 Å². The third kappa shape index (κ3) is 9.00. The van der Waals surface area contributed by atoms with Crippen LogP contribution in [0.25, 0.3) is 0 Å². The molecule has 3 N–H and O–H groups in total. The van der Waals surface area contributed by atoms with Gasteiger partial charge in [-0.2, -0.15) is 0 Å². The number of hydrogen-bond donors (Lipinski definition) is 3. The average molecular weight is 457 g/mol. The molecular weight excluding hydrogens is 425 g/mol. The summed E-state index contributed by atoms with van der Waals surface area (Å²) in [4.78, 5) is 18.2. The van der Waals surface area contributed by atoms with Gasteiger partial charge in [0, 0.05) is 45.9 Å². The van der Waals surface area contributed by atoms with Crippen LogP contribution in [0.2, 0.25) is 0 Å². The second-order valence-corrected chi connectivity index (χ2v) is 6.03. The first-order valence-corrected chi connectivity index (χ1v) is 8.02. The minimum atomic E-state index is -0.0857. The van der Waals surface area contributed by atoms with Crippen molar-refractivity contribution in [2.24, 2.45) is 4.99 Å². The Hall–Kier alpha value is -0.650. The normalized spacial score (nSPS) is 16.2. The van der Waals surface area contributed by atoms with Gasteiger partial charge in [-0.1, -0.05) is 0 Å². The van der Waals surface area contributed by atoms with Crippen molar-refractivity contribution in [3.05, 3.63) is 0 Å². The molecule has 1 aliphatic rings. The second-order valence-electron chi connectivity index (χ2n) is 6.03. The molecule has 8 nitrogen and oxygen atoms in total. The molecule has 1 fully saturated rings. The van der Waals surface area contributed by atoms with E-state index in [1.165, 1.54) is 0 Å². The average Bonchev–Trinajstić information content (AvgIpc) is 2.56. The fourth-order valence-corrected chi connectivity index (χ4v) is 2.32. The highest BCUT2D eigenvalue weighted by atomic mass is 127. The van der Waals surface area contributed by atoms with E-state index in [9.17, 15) is 4.79 Å². The summed E-state index contributed by atoms with van der Waals surface area (Å²) >= 11 is 0. The smallest absolute Gasteiger partial charge is 0.239 e. The van der Waals surface area contributed by atoms with Crippen LogP contribution in [0.3, 0.4) is 0 Å². The molecule has 1 amide bonds. The summed E-state index contributed by atoms with van der Waals surface area (Å²) in [5.41, 5.74) is -0.0118. The molecule has 1 aliphatic heterocycles. The second kappa shape index (κ2) is 12.7. The molecule has 0 radical (unpaired) electrons. The number of methoxy groups -OCH3 is 1. The molecule has 0 aromatic carbocycles. The summed E-state index contributed by atoms with van der Waals surface area (Å²) in [6.45, 7) is 9.73. The molecule has 9 heteroatoms. The largest absolute Gasteiger partial charge is 0.383 e. The lowest BCUT2D eigenvalue weighted by molar-refractivity contribution is -0.120. The number of halogens is 1. The van der Waals surface area contributed by atoms with Gasteiger partial charge >= 0.3 is 0 Å². The van der Waals surface area contributed by atoms with Crippen LogP contribution in [0.15, 0.2) is 4.99 Å². The van der Waals surface area contributed by atoms with E-state index >= 15 is 0 Å². The zero-order chi connectivity index (χ0) is 17.1. The zero-order valence-corrected chi connectivity index (χ0v) is 17.5. The molecule has 1 rings (SSSR count). The predicted octanol–water partition coefficient (Wildman–Crippen LogP) is -0.357. The van der Waals surface area contributed by atoms with Gasteiger partial charge in [0.05, 0.1) is 26.4 Å². The standard InChI is InChI=1S/C15H31N5O3.HI/c1-15(2,20-6-9-23-10-7-20)12-19-14(16-3)18-11-13(21)17-5-8-22-4;/h5-12H2,1-4H3,(H,17,21)(H2,16,18,19);1H. The van der Waals surface area contributed by atoms with E-state index in [0.717, 1.165) is 32.8 Å². The molecule has 0 spiro atoms. The summed E-state index contributed by atoms with van der Waals surface area (Å²) in [6, 6.07) is 0. The van der Waals surface area contributed by atoms with Crippen molar-refractivity contribution < 1.29 is 14.3 Å². The third-order valence-electron chi connectivity index (χ3n) is 3.82. The van der Waals surface area contributed by atoms with Crippen LogP contribution in [0.4, 0.5) is 0 Å². The Morgan fingerprint density at radius 1 is 1.25 bits per heavy atom. The van der Waals surface area contributed by atoms with Crippen LogP contribution in [-0.2, 0) is 14.3 Å². The number of rotatable bonds is 8. The summed E-state index contributed by atoms with van der Waals surface area (Å²) in [5.74, 6) is 0.533. The van der Waals surface area contributed by atoms with Gasteiger partial charge in [0.2, 0.25) is 5.91 Å². The van der Waals surface area contributed by atoms with E-state index in [4.69, 9.17) is 9.47 Å². The number of aliphatic imine (C=N–C) groups is 1. The highest BCUT2D eigenvalue weighted by molar-refractivity contribution is 14.0. The van der Waals surface area contributed by atoms with Crippen molar-refractivity contribution in [2.45, 2.75) is 19.4 Å². The molecule has 0 aromatic heterocycles. The number of nitrogens with zero attached hydrogens (tertiary/aromatic N) is 2. The maximum absolute atomic E-state index is 11.7. The van der Waals surface area contributed by atoms with Crippen molar-refractivity contribution in [3.8, 4) is 0 Å². The molecule has 24 heavy (non-hydrogen) atoms. The van der Waals surface area contributed by atoms with Crippen molar-refractivity contribution >= 4 is 35.8 Å². The van der Waals surface area contributed by atoms with Gasteiger partial charge in [-0.15, -0.1) is 24.0 Å². The third-order valence-corrected chi connectivity index (χ3v) is 3.82. The number of morpholine rings is 1. The van der Waals surface area contributed by atoms with Crippen LogP contribution in [0.5, 0.6) is 0 Å². The molecule has 0 saturated carbocycles. The Kier molecular flexibility index (Phi) is 12.3. The Bertz CT molecular complexity index is 387. The van der Waals surface area contributed by atoms with Gasteiger partial charge in [0.1, 0.15) is 0 Å². The fourth-order valence-electron chi connectivity index (χ4n) is 2.32. The van der Waals surface area contributed by atoms with E-state index < -0.39 is 0 Å². The van der Waals surface area contributed by atoms with Crippen molar-refractivity contribution in [1.82, 2.24) is 20.9 Å². The van der Waals surface area contributed by atoms with Gasteiger partial charge in [0.25, 0.3) is 0 Å². The summed E-state index contributed by atoms with van der Waals surface area (Å²) in [7, 11) is 3.30.